The lowest BCUT2D eigenvalue weighted by Crippen LogP contribution is -2.40. The van der Waals surface area contributed by atoms with Crippen LogP contribution in [-0.2, 0) is 24.8 Å². The standard InChI is InChI=1S/C16H16F2N2O5S2/c17-15-6-5-14(11-16(15)18)26(21,22)19-12-1-3-13(4-2-12)27(23,24)20-7-9-25-10-8-20/h1-6,11,19H,7-10H2. The summed E-state index contributed by atoms with van der Waals surface area (Å²) < 4.78 is 84.4. The van der Waals surface area contributed by atoms with Crippen LogP contribution in [0.1, 0.15) is 0 Å². The number of rotatable bonds is 5. The summed E-state index contributed by atoms with van der Waals surface area (Å²) in [5.74, 6) is -2.45. The fourth-order valence-electron chi connectivity index (χ4n) is 2.49. The molecule has 1 aliphatic heterocycles. The average molecular weight is 418 g/mol. The van der Waals surface area contributed by atoms with Gasteiger partial charge in [-0.15, -0.1) is 0 Å². The Balaban J connectivity index is 1.80. The fraction of sp³-hybridized carbons (Fsp3) is 0.250. The van der Waals surface area contributed by atoms with Gasteiger partial charge >= 0.3 is 0 Å². The first-order valence-electron chi connectivity index (χ1n) is 7.86. The molecule has 3 rings (SSSR count). The van der Waals surface area contributed by atoms with Crippen molar-refractivity contribution in [2.75, 3.05) is 31.0 Å². The van der Waals surface area contributed by atoms with E-state index in [9.17, 15) is 25.6 Å². The summed E-state index contributed by atoms with van der Waals surface area (Å²) in [7, 11) is -7.85. The molecule has 27 heavy (non-hydrogen) atoms. The zero-order chi connectivity index (χ0) is 19.7. The van der Waals surface area contributed by atoms with Crippen molar-refractivity contribution < 1.29 is 30.4 Å². The quantitative estimate of drug-likeness (QED) is 0.799. The number of nitrogens with one attached hydrogen (secondary N) is 1. The summed E-state index contributed by atoms with van der Waals surface area (Å²) in [4.78, 5) is -0.438. The van der Waals surface area contributed by atoms with Crippen LogP contribution in [-0.4, -0.2) is 47.4 Å². The lowest BCUT2D eigenvalue weighted by molar-refractivity contribution is 0.0730. The zero-order valence-corrected chi connectivity index (χ0v) is 15.6. The highest BCUT2D eigenvalue weighted by Crippen LogP contribution is 2.22. The summed E-state index contributed by atoms with van der Waals surface area (Å²) in [5.41, 5.74) is 0.0839. The van der Waals surface area contributed by atoms with E-state index in [1.807, 2.05) is 0 Å². The minimum Gasteiger partial charge on any atom is -0.379 e. The summed E-state index contributed by atoms with van der Waals surface area (Å²) in [6, 6.07) is 7.31. The van der Waals surface area contributed by atoms with E-state index in [0.717, 1.165) is 6.07 Å². The molecular weight excluding hydrogens is 402 g/mol. The third kappa shape index (κ3) is 4.26. The Morgan fingerprint density at radius 3 is 2.04 bits per heavy atom. The summed E-state index contributed by atoms with van der Waals surface area (Å²) in [6.45, 7) is 1.11. The van der Waals surface area contributed by atoms with Crippen LogP contribution in [0.25, 0.3) is 0 Å². The van der Waals surface area contributed by atoms with Gasteiger partial charge in [-0.05, 0) is 42.5 Å². The number of hydrogen-bond donors (Lipinski definition) is 1. The number of sulfonamides is 2. The third-order valence-corrected chi connectivity index (χ3v) is 7.21. The maximum absolute atomic E-state index is 13.3. The van der Waals surface area contributed by atoms with E-state index >= 15 is 0 Å². The van der Waals surface area contributed by atoms with Crippen molar-refractivity contribution in [1.29, 1.82) is 0 Å². The predicted molar refractivity (Wildman–Crippen MR) is 93.2 cm³/mol. The van der Waals surface area contributed by atoms with Gasteiger partial charge in [0.05, 0.1) is 23.0 Å². The number of benzene rings is 2. The van der Waals surface area contributed by atoms with Crippen LogP contribution in [0.5, 0.6) is 0 Å². The summed E-state index contributed by atoms with van der Waals surface area (Å²) in [6.07, 6.45) is 0. The number of nitrogens with zero attached hydrogens (tertiary/aromatic N) is 1. The molecule has 0 radical (unpaired) electrons. The van der Waals surface area contributed by atoms with Gasteiger partial charge in [0.25, 0.3) is 10.0 Å². The van der Waals surface area contributed by atoms with E-state index in [2.05, 4.69) is 4.72 Å². The van der Waals surface area contributed by atoms with E-state index < -0.39 is 36.6 Å². The van der Waals surface area contributed by atoms with E-state index in [4.69, 9.17) is 4.74 Å². The lowest BCUT2D eigenvalue weighted by Gasteiger charge is -2.26. The molecule has 0 aromatic heterocycles. The molecule has 1 aliphatic rings. The van der Waals surface area contributed by atoms with Gasteiger partial charge in [-0.25, -0.2) is 25.6 Å². The molecule has 0 aliphatic carbocycles. The highest BCUT2D eigenvalue weighted by Gasteiger charge is 2.26. The SMILES string of the molecule is O=S(=O)(Nc1ccc(S(=O)(=O)N2CCOCC2)cc1)c1ccc(F)c(F)c1. The Labute approximate surface area is 155 Å². The first-order valence-corrected chi connectivity index (χ1v) is 10.8. The average Bonchev–Trinajstić information content (AvgIpc) is 2.65. The van der Waals surface area contributed by atoms with Crippen LogP contribution in [0.15, 0.2) is 52.3 Å². The van der Waals surface area contributed by atoms with Crippen LogP contribution in [0.3, 0.4) is 0 Å². The van der Waals surface area contributed by atoms with Crippen LogP contribution in [0, 0.1) is 11.6 Å². The van der Waals surface area contributed by atoms with Crippen molar-refractivity contribution in [1.82, 2.24) is 4.31 Å². The molecule has 0 spiro atoms. The van der Waals surface area contributed by atoms with Gasteiger partial charge in [-0.2, -0.15) is 4.31 Å². The van der Waals surface area contributed by atoms with E-state index in [1.165, 1.54) is 28.6 Å². The highest BCUT2D eigenvalue weighted by atomic mass is 32.2. The van der Waals surface area contributed by atoms with Gasteiger partial charge in [-0.1, -0.05) is 0 Å². The normalized spacial score (nSPS) is 16.2. The van der Waals surface area contributed by atoms with Crippen LogP contribution >= 0.6 is 0 Å². The highest BCUT2D eigenvalue weighted by molar-refractivity contribution is 7.92. The second kappa shape index (κ2) is 7.50. The zero-order valence-electron chi connectivity index (χ0n) is 13.9. The Hall–Kier alpha value is -2.08. The second-order valence-electron chi connectivity index (χ2n) is 5.72. The molecule has 7 nitrogen and oxygen atoms in total. The number of anilines is 1. The summed E-state index contributed by atoms with van der Waals surface area (Å²) in [5, 5.41) is 0. The lowest BCUT2D eigenvalue weighted by atomic mass is 10.3. The van der Waals surface area contributed by atoms with Gasteiger partial charge in [0.15, 0.2) is 11.6 Å². The first kappa shape index (κ1) is 19.7. The van der Waals surface area contributed by atoms with Gasteiger partial charge in [0, 0.05) is 18.8 Å². The first-order chi connectivity index (χ1) is 12.7. The van der Waals surface area contributed by atoms with Crippen molar-refractivity contribution >= 4 is 25.7 Å². The molecule has 0 unspecified atom stereocenters. The minimum absolute atomic E-state index is 0.0141. The van der Waals surface area contributed by atoms with E-state index in [1.54, 1.807) is 0 Å². The molecule has 146 valence electrons. The Bertz CT molecular complexity index is 1030. The molecular formula is C16H16F2N2O5S2. The van der Waals surface area contributed by atoms with Gasteiger partial charge in [-0.3, -0.25) is 4.72 Å². The largest absolute Gasteiger partial charge is 0.379 e. The molecule has 0 amide bonds. The van der Waals surface area contributed by atoms with Crippen molar-refractivity contribution in [3.63, 3.8) is 0 Å². The molecule has 2 aromatic rings. The van der Waals surface area contributed by atoms with Crippen LogP contribution < -0.4 is 4.72 Å². The smallest absolute Gasteiger partial charge is 0.261 e. The van der Waals surface area contributed by atoms with Gasteiger partial charge in [0.2, 0.25) is 10.0 Å². The van der Waals surface area contributed by atoms with Crippen LogP contribution in [0.4, 0.5) is 14.5 Å². The molecule has 0 saturated carbocycles. The van der Waals surface area contributed by atoms with Gasteiger partial charge in [0.1, 0.15) is 0 Å². The Morgan fingerprint density at radius 2 is 1.44 bits per heavy atom. The number of hydrogen-bond acceptors (Lipinski definition) is 5. The Kier molecular flexibility index (Phi) is 5.47. The van der Waals surface area contributed by atoms with Crippen molar-refractivity contribution in [2.24, 2.45) is 0 Å². The number of halogens is 2. The number of morpholine rings is 1. The molecule has 1 saturated heterocycles. The molecule has 1 fully saturated rings. The van der Waals surface area contributed by atoms with Crippen molar-refractivity contribution in [3.05, 3.63) is 54.1 Å². The minimum atomic E-state index is -4.15. The van der Waals surface area contributed by atoms with Gasteiger partial charge < -0.3 is 4.74 Å². The molecule has 0 bridgehead atoms. The van der Waals surface area contributed by atoms with Crippen molar-refractivity contribution in [2.45, 2.75) is 9.79 Å². The monoisotopic (exact) mass is 418 g/mol. The molecule has 0 atom stereocenters. The number of ether oxygens (including phenoxy) is 1. The van der Waals surface area contributed by atoms with Crippen LogP contribution in [0.2, 0.25) is 0 Å². The topological polar surface area (TPSA) is 92.8 Å². The van der Waals surface area contributed by atoms with E-state index in [0.29, 0.717) is 25.3 Å². The fourth-order valence-corrected chi connectivity index (χ4v) is 4.97. The molecule has 1 heterocycles. The van der Waals surface area contributed by atoms with Crippen molar-refractivity contribution in [3.8, 4) is 0 Å². The third-order valence-electron chi connectivity index (χ3n) is 3.92. The molecule has 1 N–H and O–H groups in total. The van der Waals surface area contributed by atoms with E-state index in [-0.39, 0.29) is 23.7 Å². The molecule has 11 heteroatoms. The Morgan fingerprint density at radius 1 is 0.852 bits per heavy atom. The predicted octanol–water partition coefficient (Wildman–Crippen LogP) is 1.79. The second-order valence-corrected chi connectivity index (χ2v) is 9.34. The maximum atomic E-state index is 13.3. The molecule has 2 aromatic carbocycles. The summed E-state index contributed by atoms with van der Waals surface area (Å²) >= 11 is 0. The maximum Gasteiger partial charge on any atom is 0.261 e.